The van der Waals surface area contributed by atoms with Crippen LogP contribution in [0.1, 0.15) is 42.1 Å². The maximum absolute atomic E-state index is 12.8. The molecule has 2 aliphatic rings. The third-order valence-electron chi connectivity index (χ3n) is 4.76. The first-order valence-corrected chi connectivity index (χ1v) is 9.68. The van der Waals surface area contributed by atoms with E-state index in [4.69, 9.17) is 14.9 Å². The van der Waals surface area contributed by atoms with Gasteiger partial charge in [0.1, 0.15) is 12.9 Å². The number of carbonyl (C=O) groups excluding carboxylic acids is 2. The summed E-state index contributed by atoms with van der Waals surface area (Å²) in [6.45, 7) is -1.20. The maximum atomic E-state index is 12.8. The Labute approximate surface area is 188 Å². The number of amides is 2. The molecule has 1 aliphatic carbocycles. The summed E-state index contributed by atoms with van der Waals surface area (Å²) < 4.78 is 41.4. The van der Waals surface area contributed by atoms with E-state index in [0.717, 1.165) is 24.1 Å². The van der Waals surface area contributed by atoms with Crippen LogP contribution in [0.25, 0.3) is 11.5 Å². The molecule has 1 aliphatic heterocycles. The van der Waals surface area contributed by atoms with Gasteiger partial charge >= 0.3 is 6.61 Å². The standard InChI is InChI=1S/C20H20F2N4O5.ClH/c1-10(23)17-16(19(28)26-7-15(27)24-9-26)25-18(31-17)12-4-5-13(30-20(21)22)14(6-12)29-8-11-2-3-11;/h4-6,9-11,20H,2-3,7-8,23H2,1H3;1H. The zero-order chi connectivity index (χ0) is 22.1. The average molecular weight is 471 g/mol. The summed E-state index contributed by atoms with van der Waals surface area (Å²) in [4.78, 5) is 33.0. The van der Waals surface area contributed by atoms with Gasteiger partial charge in [-0.05, 0) is 43.9 Å². The number of benzene rings is 1. The average Bonchev–Trinajstić information content (AvgIpc) is 3.27. The third-order valence-corrected chi connectivity index (χ3v) is 4.76. The number of aliphatic imine (C=N–C) groups is 1. The number of ether oxygens (including phenoxy) is 2. The highest BCUT2D eigenvalue weighted by atomic mass is 35.5. The minimum atomic E-state index is -3.00. The number of aromatic nitrogens is 1. The number of hydrogen-bond donors (Lipinski definition) is 1. The second kappa shape index (κ2) is 9.61. The lowest BCUT2D eigenvalue weighted by molar-refractivity contribution is -0.116. The van der Waals surface area contributed by atoms with Crippen LogP contribution < -0.4 is 15.2 Å². The van der Waals surface area contributed by atoms with Crippen molar-refractivity contribution in [3.05, 3.63) is 29.7 Å². The molecule has 0 radical (unpaired) electrons. The quantitative estimate of drug-likeness (QED) is 0.629. The summed E-state index contributed by atoms with van der Waals surface area (Å²) >= 11 is 0. The van der Waals surface area contributed by atoms with Crippen LogP contribution >= 0.6 is 12.4 Å². The van der Waals surface area contributed by atoms with E-state index in [1.165, 1.54) is 18.2 Å². The summed E-state index contributed by atoms with van der Waals surface area (Å²) in [5.41, 5.74) is 6.27. The van der Waals surface area contributed by atoms with Gasteiger partial charge < -0.3 is 19.6 Å². The van der Waals surface area contributed by atoms with Gasteiger partial charge in [0.25, 0.3) is 11.8 Å². The molecule has 1 aromatic heterocycles. The molecule has 0 saturated heterocycles. The van der Waals surface area contributed by atoms with Crippen molar-refractivity contribution in [2.75, 3.05) is 13.2 Å². The topological polar surface area (TPSA) is 120 Å². The molecule has 1 atom stereocenters. The number of carbonyl (C=O) groups is 2. The molecule has 32 heavy (non-hydrogen) atoms. The highest BCUT2D eigenvalue weighted by molar-refractivity contribution is 6.07. The van der Waals surface area contributed by atoms with Crippen molar-refractivity contribution in [3.63, 3.8) is 0 Å². The molecular formula is C20H21ClF2N4O5. The van der Waals surface area contributed by atoms with Crippen molar-refractivity contribution in [1.82, 2.24) is 9.88 Å². The zero-order valence-corrected chi connectivity index (χ0v) is 17.8. The Morgan fingerprint density at radius 3 is 2.69 bits per heavy atom. The van der Waals surface area contributed by atoms with E-state index in [-0.39, 0.29) is 47.8 Å². The Bertz CT molecular complexity index is 1040. The van der Waals surface area contributed by atoms with Gasteiger partial charge in [0.05, 0.1) is 12.6 Å². The van der Waals surface area contributed by atoms with Crippen molar-refractivity contribution in [2.24, 2.45) is 16.6 Å². The lowest BCUT2D eigenvalue weighted by Gasteiger charge is -2.12. The van der Waals surface area contributed by atoms with Crippen LogP contribution in [0.2, 0.25) is 0 Å². The SMILES string of the molecule is CC(N)c1oc(-c2ccc(OC(F)F)c(OCC3CC3)c2)nc1C(=O)N1C=NC(=O)C1.Cl. The molecule has 1 fully saturated rings. The number of oxazole rings is 1. The van der Waals surface area contributed by atoms with E-state index in [1.807, 2.05) is 0 Å². The second-order valence-electron chi connectivity index (χ2n) is 7.39. The lowest BCUT2D eigenvalue weighted by atomic mass is 10.2. The van der Waals surface area contributed by atoms with Gasteiger partial charge in [-0.1, -0.05) is 0 Å². The third kappa shape index (κ3) is 5.22. The molecule has 0 spiro atoms. The highest BCUT2D eigenvalue weighted by Crippen LogP contribution is 2.37. The number of hydrogen-bond acceptors (Lipinski definition) is 7. The maximum Gasteiger partial charge on any atom is 0.387 e. The Morgan fingerprint density at radius 1 is 1.34 bits per heavy atom. The van der Waals surface area contributed by atoms with Crippen molar-refractivity contribution >= 4 is 30.6 Å². The smallest absolute Gasteiger partial charge is 0.387 e. The summed E-state index contributed by atoms with van der Waals surface area (Å²) in [6, 6.07) is 3.59. The van der Waals surface area contributed by atoms with Crippen LogP contribution in [0.15, 0.2) is 27.6 Å². The first kappa shape index (κ1) is 23.6. The fraction of sp³-hybridized carbons (Fsp3) is 0.400. The largest absolute Gasteiger partial charge is 0.489 e. The minimum Gasteiger partial charge on any atom is -0.489 e. The normalized spacial score (nSPS) is 16.3. The van der Waals surface area contributed by atoms with Crippen LogP contribution in [-0.2, 0) is 4.79 Å². The van der Waals surface area contributed by atoms with Crippen LogP contribution in [0.4, 0.5) is 8.78 Å². The van der Waals surface area contributed by atoms with E-state index in [2.05, 4.69) is 14.7 Å². The van der Waals surface area contributed by atoms with E-state index < -0.39 is 24.5 Å². The van der Waals surface area contributed by atoms with Gasteiger partial charge in [0, 0.05) is 5.56 Å². The van der Waals surface area contributed by atoms with Crippen molar-refractivity contribution in [1.29, 1.82) is 0 Å². The predicted octanol–water partition coefficient (Wildman–Crippen LogP) is 3.18. The predicted molar refractivity (Wildman–Crippen MR) is 111 cm³/mol. The molecule has 172 valence electrons. The van der Waals surface area contributed by atoms with Crippen LogP contribution in [0, 0.1) is 5.92 Å². The minimum absolute atomic E-state index is 0. The molecule has 9 nitrogen and oxygen atoms in total. The first-order valence-electron chi connectivity index (χ1n) is 9.68. The van der Waals surface area contributed by atoms with Gasteiger partial charge in [-0.25, -0.2) is 9.98 Å². The van der Waals surface area contributed by atoms with Crippen LogP contribution in [0.5, 0.6) is 11.5 Å². The van der Waals surface area contributed by atoms with Gasteiger partial charge in [-0.2, -0.15) is 8.78 Å². The summed E-state index contributed by atoms with van der Waals surface area (Å²) in [5, 5.41) is 0. The number of nitrogens with zero attached hydrogens (tertiary/aromatic N) is 3. The Kier molecular flexibility index (Phi) is 7.09. The fourth-order valence-corrected chi connectivity index (χ4v) is 2.98. The Balaban J connectivity index is 0.00000289. The zero-order valence-electron chi connectivity index (χ0n) is 17.0. The number of nitrogens with two attached hydrogens (primary N) is 1. The molecule has 2 amide bonds. The van der Waals surface area contributed by atoms with E-state index in [9.17, 15) is 18.4 Å². The number of rotatable bonds is 8. The molecule has 4 rings (SSSR count). The van der Waals surface area contributed by atoms with Gasteiger partial charge in [-0.3, -0.25) is 14.5 Å². The Hall–Kier alpha value is -3.05. The highest BCUT2D eigenvalue weighted by Gasteiger charge is 2.30. The molecule has 1 saturated carbocycles. The van der Waals surface area contributed by atoms with Crippen molar-refractivity contribution in [2.45, 2.75) is 32.4 Å². The van der Waals surface area contributed by atoms with Crippen molar-refractivity contribution < 1.29 is 32.3 Å². The second-order valence-corrected chi connectivity index (χ2v) is 7.39. The van der Waals surface area contributed by atoms with E-state index in [0.29, 0.717) is 18.1 Å². The molecule has 12 heteroatoms. The van der Waals surface area contributed by atoms with Crippen LogP contribution in [-0.4, -0.2) is 47.8 Å². The molecule has 0 bridgehead atoms. The molecule has 2 N–H and O–H groups in total. The van der Waals surface area contributed by atoms with E-state index >= 15 is 0 Å². The summed E-state index contributed by atoms with van der Waals surface area (Å²) in [7, 11) is 0. The monoisotopic (exact) mass is 470 g/mol. The Morgan fingerprint density at radius 2 is 2.09 bits per heavy atom. The van der Waals surface area contributed by atoms with E-state index in [1.54, 1.807) is 6.92 Å². The number of alkyl halides is 2. The van der Waals surface area contributed by atoms with Gasteiger partial charge in [0.15, 0.2) is 23.0 Å². The number of halogens is 3. The first-order chi connectivity index (χ1) is 14.8. The van der Waals surface area contributed by atoms with Gasteiger partial charge in [0.2, 0.25) is 5.89 Å². The molecule has 1 aromatic carbocycles. The summed E-state index contributed by atoms with van der Waals surface area (Å²) in [6.07, 6.45) is 3.18. The molecule has 2 heterocycles. The molecule has 1 unspecified atom stereocenters. The summed E-state index contributed by atoms with van der Waals surface area (Å²) in [5.74, 6) is -0.453. The molecule has 2 aromatic rings. The van der Waals surface area contributed by atoms with Gasteiger partial charge in [-0.15, -0.1) is 12.4 Å². The lowest BCUT2D eigenvalue weighted by Crippen LogP contribution is -2.30. The fourth-order valence-electron chi connectivity index (χ4n) is 2.98. The molecular weight excluding hydrogens is 450 g/mol. The van der Waals surface area contributed by atoms with Crippen molar-refractivity contribution in [3.8, 4) is 23.0 Å². The van der Waals surface area contributed by atoms with Crippen LogP contribution in [0.3, 0.4) is 0 Å².